The van der Waals surface area contributed by atoms with Crippen molar-refractivity contribution >= 4 is 66.7 Å². The maximum absolute atomic E-state index is 2.61. The topological polar surface area (TPSA) is 8.29 Å². The van der Waals surface area contributed by atoms with Crippen LogP contribution >= 0.6 is 0 Å². The molecule has 0 radical (unpaired) electrons. The minimum atomic E-state index is -2.05. The Morgan fingerprint density at radius 3 is 2.35 bits per heavy atom. The molecule has 0 saturated heterocycles. The van der Waals surface area contributed by atoms with Gasteiger partial charge in [-0.25, -0.2) is 0 Å². The Morgan fingerprint density at radius 2 is 1.65 bits per heavy atom. The Hall–Kier alpha value is -2.59. The van der Waals surface area contributed by atoms with Crippen LogP contribution in [0.25, 0.3) is 49.0 Å². The van der Waals surface area contributed by atoms with Crippen LogP contribution in [0.1, 0.15) is 30.5 Å². The quantitative estimate of drug-likeness (QED) is 0.104. The summed E-state index contributed by atoms with van der Waals surface area (Å²) in [5.74, 6) is 8.16. The molecule has 0 saturated carbocycles. The molecule has 3 heteroatoms. The van der Waals surface area contributed by atoms with Gasteiger partial charge in [0.05, 0.1) is 0 Å². The van der Waals surface area contributed by atoms with E-state index in [1.807, 2.05) is 0 Å². The van der Waals surface area contributed by atoms with E-state index in [0.717, 1.165) is 6.42 Å². The van der Waals surface area contributed by atoms with Crippen LogP contribution in [-0.2, 0) is 13.5 Å². The molecule has 0 amide bonds. The summed E-state index contributed by atoms with van der Waals surface area (Å²) in [6.07, 6.45) is 3.37. The van der Waals surface area contributed by atoms with Gasteiger partial charge in [-0.2, -0.15) is 0 Å². The zero-order valence-corrected chi connectivity index (χ0v) is 23.9. The third-order valence-corrected chi connectivity index (χ3v) is 12.1. The molecule has 0 aliphatic carbocycles. The number of pyridine rings is 2. The molecule has 2 nitrogen and oxygen atoms in total. The van der Waals surface area contributed by atoms with Crippen molar-refractivity contribution in [1.82, 2.24) is 4.40 Å². The number of aryl methyl sites for hydroxylation is 3. The number of hydrogen-bond acceptors (Lipinski definition) is 0. The molecule has 3 heterocycles. The van der Waals surface area contributed by atoms with Crippen molar-refractivity contribution in [2.45, 2.75) is 51.4 Å². The van der Waals surface area contributed by atoms with Crippen LogP contribution in [0.3, 0.4) is 0 Å². The van der Waals surface area contributed by atoms with Crippen LogP contribution in [0.15, 0.2) is 48.7 Å². The fraction of sp³-hybridized carbons (Fsp3) is 0.323. The molecule has 34 heavy (non-hydrogen) atoms. The van der Waals surface area contributed by atoms with Crippen LogP contribution in [0.2, 0.25) is 17.3 Å². The van der Waals surface area contributed by atoms with E-state index in [4.69, 9.17) is 0 Å². The second kappa shape index (κ2) is 7.21. The van der Waals surface area contributed by atoms with E-state index in [-0.39, 0.29) is 0 Å². The van der Waals surface area contributed by atoms with Gasteiger partial charge in [-0.05, 0) is 0 Å². The first kappa shape index (κ1) is 21.9. The number of hydrogen-bond donors (Lipinski definition) is 0. The molecule has 6 aromatic rings. The van der Waals surface area contributed by atoms with Gasteiger partial charge in [-0.15, -0.1) is 0 Å². The maximum atomic E-state index is 2.61. The van der Waals surface area contributed by atoms with Gasteiger partial charge in [0, 0.05) is 0 Å². The Labute approximate surface area is 204 Å². The predicted molar refractivity (Wildman–Crippen MR) is 151 cm³/mol. The van der Waals surface area contributed by atoms with Crippen LogP contribution in [0.5, 0.6) is 0 Å². The Balaban J connectivity index is 1.98. The van der Waals surface area contributed by atoms with Crippen LogP contribution < -0.4 is 8.96 Å². The van der Waals surface area contributed by atoms with Crippen molar-refractivity contribution < 1.29 is 4.57 Å². The first-order valence-corrected chi connectivity index (χ1v) is 20.0. The minimum absolute atomic E-state index is 0.645. The monoisotopic (exact) mass is 509 g/mol. The fourth-order valence-electron chi connectivity index (χ4n) is 5.98. The zero-order chi connectivity index (χ0) is 24.1. The van der Waals surface area contributed by atoms with E-state index in [0.29, 0.717) is 5.92 Å². The summed E-state index contributed by atoms with van der Waals surface area (Å²) < 4.78 is 6.53. The molecule has 0 unspecified atom stereocenters. The molecule has 3 aromatic carbocycles. The number of aromatic nitrogens is 2. The summed E-state index contributed by atoms with van der Waals surface area (Å²) in [7, 11) is 2.21. The molecule has 0 atom stereocenters. The van der Waals surface area contributed by atoms with Gasteiger partial charge >= 0.3 is 205 Å². The van der Waals surface area contributed by atoms with Crippen molar-refractivity contribution in [3.05, 3.63) is 65.4 Å². The molecule has 0 fully saturated rings. The van der Waals surface area contributed by atoms with Crippen molar-refractivity contribution in [3.8, 4) is 0 Å². The summed E-state index contributed by atoms with van der Waals surface area (Å²) in [6, 6.07) is 17.0. The third-order valence-electron chi connectivity index (χ3n) is 7.84. The molecule has 0 N–H and O–H groups in total. The summed E-state index contributed by atoms with van der Waals surface area (Å²) in [6.45, 7) is 9.20. The van der Waals surface area contributed by atoms with E-state index in [2.05, 4.69) is 110 Å². The Bertz CT molecular complexity index is 1760. The first-order valence-electron chi connectivity index (χ1n) is 12.6. The normalized spacial score (nSPS) is 13.1. The third kappa shape index (κ3) is 2.97. The second-order valence-corrected chi connectivity index (χ2v) is 22.5. The molecular formula is C31H35GeN2+. The Kier molecular flexibility index (Phi) is 4.65. The van der Waals surface area contributed by atoms with Gasteiger partial charge < -0.3 is 0 Å². The second-order valence-electron chi connectivity index (χ2n) is 11.9. The molecule has 172 valence electrons. The van der Waals surface area contributed by atoms with Crippen molar-refractivity contribution in [3.63, 3.8) is 0 Å². The predicted octanol–water partition coefficient (Wildman–Crippen LogP) is 7.17. The molecule has 3 aromatic heterocycles. The number of fused-ring (bicyclic) bond motifs is 5. The van der Waals surface area contributed by atoms with E-state index in [1.165, 1.54) is 65.7 Å². The van der Waals surface area contributed by atoms with E-state index >= 15 is 0 Å². The van der Waals surface area contributed by atoms with Crippen LogP contribution in [-0.4, -0.2) is 17.7 Å². The van der Waals surface area contributed by atoms with Crippen molar-refractivity contribution in [2.75, 3.05) is 0 Å². The molecular weight excluding hydrogens is 473 g/mol. The van der Waals surface area contributed by atoms with Gasteiger partial charge in [-0.3, -0.25) is 0 Å². The van der Waals surface area contributed by atoms with Crippen LogP contribution in [0.4, 0.5) is 0 Å². The molecule has 0 bridgehead atoms. The van der Waals surface area contributed by atoms with E-state index in [9.17, 15) is 0 Å². The number of benzene rings is 3. The summed E-state index contributed by atoms with van der Waals surface area (Å²) in [4.78, 5) is 0. The SMILES string of the molecule is Cc1cc2c3ccc(CC(C)C)cc3n3c4c[c]([Ge]([CH3])([CH3])[CH3])cc5cc[n+](C)c(c(c1C)c23)c54. The Morgan fingerprint density at radius 1 is 0.882 bits per heavy atom. The average molecular weight is 508 g/mol. The average Bonchev–Trinajstić information content (AvgIpc) is 3.07. The number of nitrogens with zero attached hydrogens (tertiary/aromatic N) is 2. The molecule has 0 aliphatic rings. The van der Waals surface area contributed by atoms with Gasteiger partial charge in [0.1, 0.15) is 0 Å². The number of rotatable bonds is 3. The van der Waals surface area contributed by atoms with E-state index in [1.54, 1.807) is 4.40 Å². The van der Waals surface area contributed by atoms with Gasteiger partial charge in [0.2, 0.25) is 0 Å². The molecule has 6 rings (SSSR count). The van der Waals surface area contributed by atoms with E-state index < -0.39 is 13.3 Å². The summed E-state index contributed by atoms with van der Waals surface area (Å²) >= 11 is -2.05. The first-order chi connectivity index (χ1) is 16.1. The standard InChI is InChI=1S/C31H35GeN2/c1-18(2)13-21-9-10-24-25-14-19(3)20(4)28-30(25)34(26(24)15-21)27-17-23(32(5,6)7)16-22-11-12-33(8)31(28)29(22)27/h9-12,14-18H,13H2,1-8H3/q+1. The van der Waals surface area contributed by atoms with Gasteiger partial charge in [0.25, 0.3) is 0 Å². The summed E-state index contributed by atoms with van der Waals surface area (Å²) in [5, 5.41) is 6.94. The zero-order valence-electron chi connectivity index (χ0n) is 21.8. The van der Waals surface area contributed by atoms with Crippen LogP contribution in [0, 0.1) is 19.8 Å². The fourth-order valence-corrected chi connectivity index (χ4v) is 8.41. The molecule has 0 spiro atoms. The molecule has 0 aliphatic heterocycles. The van der Waals surface area contributed by atoms with Gasteiger partial charge in [-0.1, -0.05) is 0 Å². The van der Waals surface area contributed by atoms with Crippen molar-refractivity contribution in [1.29, 1.82) is 0 Å². The summed E-state index contributed by atoms with van der Waals surface area (Å²) in [5.41, 5.74) is 9.67. The van der Waals surface area contributed by atoms with Crippen molar-refractivity contribution in [2.24, 2.45) is 13.0 Å². The van der Waals surface area contributed by atoms with Gasteiger partial charge in [0.15, 0.2) is 0 Å².